The third kappa shape index (κ3) is 4.86. The van der Waals surface area contributed by atoms with Crippen molar-refractivity contribution >= 4 is 16.6 Å². The van der Waals surface area contributed by atoms with Crippen molar-refractivity contribution in [1.82, 2.24) is 25.1 Å². The van der Waals surface area contributed by atoms with E-state index < -0.39 is 17.6 Å². The average Bonchev–Trinajstić information content (AvgIpc) is 2.89. The summed E-state index contributed by atoms with van der Waals surface area (Å²) in [4.78, 5) is 12.6. The maximum atomic E-state index is 13.5. The lowest BCUT2D eigenvalue weighted by Gasteiger charge is -2.37. The zero-order valence-corrected chi connectivity index (χ0v) is 19.6. The Morgan fingerprint density at radius 2 is 1.75 bits per heavy atom. The van der Waals surface area contributed by atoms with Gasteiger partial charge in [0.15, 0.2) is 5.82 Å². The number of halogens is 4. The summed E-state index contributed by atoms with van der Waals surface area (Å²) in [6.45, 7) is 1.47. The molecular weight excluding hydrogens is 472 g/mol. The summed E-state index contributed by atoms with van der Waals surface area (Å²) in [6, 6.07) is 10.9. The molecule has 10 heteroatoms. The van der Waals surface area contributed by atoms with Crippen molar-refractivity contribution in [2.45, 2.75) is 31.6 Å². The fourth-order valence-electron chi connectivity index (χ4n) is 4.80. The number of anilines is 1. The Labute approximate surface area is 205 Å². The Kier molecular flexibility index (Phi) is 6.53. The van der Waals surface area contributed by atoms with Gasteiger partial charge in [0.2, 0.25) is 0 Å². The number of aromatic nitrogens is 4. The van der Waals surface area contributed by atoms with E-state index in [4.69, 9.17) is 0 Å². The van der Waals surface area contributed by atoms with Gasteiger partial charge in [-0.2, -0.15) is 13.2 Å². The van der Waals surface area contributed by atoms with E-state index in [-0.39, 0.29) is 18.2 Å². The van der Waals surface area contributed by atoms with E-state index in [1.165, 1.54) is 6.07 Å². The van der Waals surface area contributed by atoms with Gasteiger partial charge in [-0.05, 0) is 37.6 Å². The number of alkyl halides is 3. The van der Waals surface area contributed by atoms with E-state index in [9.17, 15) is 17.6 Å². The number of hydrogen-bond donors (Lipinski definition) is 0. The lowest BCUT2D eigenvalue weighted by molar-refractivity contribution is -0.138. The van der Waals surface area contributed by atoms with Gasteiger partial charge in [-0.1, -0.05) is 30.3 Å². The van der Waals surface area contributed by atoms with E-state index in [2.05, 4.69) is 25.1 Å². The van der Waals surface area contributed by atoms with E-state index in [1.807, 2.05) is 36.2 Å². The smallest absolute Gasteiger partial charge is 0.354 e. The third-order valence-electron chi connectivity index (χ3n) is 6.66. The average molecular weight is 497 g/mol. The fourth-order valence-corrected chi connectivity index (χ4v) is 4.80. The summed E-state index contributed by atoms with van der Waals surface area (Å²) in [6.07, 6.45) is 1.78. The minimum absolute atomic E-state index is 0.0743. The van der Waals surface area contributed by atoms with Crippen LogP contribution in [0.15, 0.2) is 61.1 Å². The molecule has 0 amide bonds. The monoisotopic (exact) mass is 496 g/mol. The lowest BCUT2D eigenvalue weighted by Crippen LogP contribution is -2.43. The van der Waals surface area contributed by atoms with Crippen LogP contribution in [0.3, 0.4) is 0 Å². The van der Waals surface area contributed by atoms with Crippen LogP contribution in [0.5, 0.6) is 0 Å². The largest absolute Gasteiger partial charge is 0.416 e. The molecule has 0 bridgehead atoms. The van der Waals surface area contributed by atoms with Crippen LogP contribution in [0.25, 0.3) is 22.2 Å². The molecule has 1 fully saturated rings. The summed E-state index contributed by atoms with van der Waals surface area (Å²) < 4.78 is 53.7. The maximum absolute atomic E-state index is 13.5. The second kappa shape index (κ2) is 9.77. The number of rotatable bonds is 5. The summed E-state index contributed by atoms with van der Waals surface area (Å²) in [7, 11) is 1.81. The van der Waals surface area contributed by atoms with Gasteiger partial charge in [0.25, 0.3) is 0 Å². The first-order valence-electron chi connectivity index (χ1n) is 11.6. The lowest BCUT2D eigenvalue weighted by atomic mass is 10.0. The molecule has 0 radical (unpaired) electrons. The fraction of sp³-hybridized carbons (Fsp3) is 0.308. The minimum Gasteiger partial charge on any atom is -0.354 e. The topological polar surface area (TPSA) is 58.0 Å². The highest BCUT2D eigenvalue weighted by atomic mass is 19.4. The number of benzene rings is 2. The standard InChI is InChI=1S/C26H24F4N6/c1-35(16-17-6-7-18(27)14-22(17)26(28,29)30)19-8-12-36(13-9-19)25-21-5-3-2-4-20(21)24(33-34-25)23-15-31-10-11-32-23/h2-7,10-11,14-15,19H,8-9,12-13,16H2,1H3. The normalized spacial score (nSPS) is 15.1. The molecule has 0 N–H and O–H groups in total. The molecule has 2 aromatic carbocycles. The Hall–Kier alpha value is -3.66. The van der Waals surface area contributed by atoms with Crippen LogP contribution >= 0.6 is 0 Å². The van der Waals surface area contributed by atoms with Crippen molar-refractivity contribution in [2.75, 3.05) is 25.0 Å². The first-order valence-corrected chi connectivity index (χ1v) is 11.6. The molecule has 2 aromatic heterocycles. The van der Waals surface area contributed by atoms with Crippen LogP contribution in [0.1, 0.15) is 24.0 Å². The number of piperidine rings is 1. The first kappa shape index (κ1) is 24.1. The van der Waals surface area contributed by atoms with Gasteiger partial charge >= 0.3 is 6.18 Å². The van der Waals surface area contributed by atoms with Crippen LogP contribution in [0, 0.1) is 5.82 Å². The number of fused-ring (bicyclic) bond motifs is 1. The van der Waals surface area contributed by atoms with Gasteiger partial charge in [0, 0.05) is 48.8 Å². The molecule has 5 rings (SSSR count). The van der Waals surface area contributed by atoms with Crippen LogP contribution in [0.2, 0.25) is 0 Å². The Bertz CT molecular complexity index is 1350. The van der Waals surface area contributed by atoms with E-state index in [1.54, 1.807) is 18.6 Å². The minimum atomic E-state index is -4.60. The molecule has 4 aromatic rings. The zero-order chi connectivity index (χ0) is 25.3. The van der Waals surface area contributed by atoms with E-state index in [0.717, 1.165) is 35.5 Å². The summed E-state index contributed by atoms with van der Waals surface area (Å²) in [5, 5.41) is 10.9. The van der Waals surface area contributed by atoms with Gasteiger partial charge in [-0.3, -0.25) is 14.9 Å². The van der Waals surface area contributed by atoms with Crippen molar-refractivity contribution < 1.29 is 17.6 Å². The molecule has 3 heterocycles. The highest BCUT2D eigenvalue weighted by Crippen LogP contribution is 2.35. The van der Waals surface area contributed by atoms with Gasteiger partial charge in [-0.25, -0.2) is 4.39 Å². The van der Waals surface area contributed by atoms with Gasteiger partial charge in [0.1, 0.15) is 17.2 Å². The van der Waals surface area contributed by atoms with Gasteiger partial charge in [0.05, 0.1) is 11.8 Å². The predicted octanol–water partition coefficient (Wildman–Crippen LogP) is 5.35. The van der Waals surface area contributed by atoms with Crippen LogP contribution in [-0.4, -0.2) is 51.2 Å². The predicted molar refractivity (Wildman–Crippen MR) is 129 cm³/mol. The molecule has 1 aliphatic rings. The highest BCUT2D eigenvalue weighted by Gasteiger charge is 2.34. The molecule has 186 valence electrons. The van der Waals surface area contributed by atoms with Crippen molar-refractivity contribution in [3.63, 3.8) is 0 Å². The van der Waals surface area contributed by atoms with Crippen LogP contribution in [0.4, 0.5) is 23.4 Å². The molecule has 0 aliphatic carbocycles. The molecule has 1 saturated heterocycles. The molecule has 36 heavy (non-hydrogen) atoms. The maximum Gasteiger partial charge on any atom is 0.416 e. The molecule has 6 nitrogen and oxygen atoms in total. The first-order chi connectivity index (χ1) is 17.3. The van der Waals surface area contributed by atoms with E-state index >= 15 is 0 Å². The molecule has 0 saturated carbocycles. The Morgan fingerprint density at radius 3 is 2.44 bits per heavy atom. The van der Waals surface area contributed by atoms with Crippen molar-refractivity contribution in [1.29, 1.82) is 0 Å². The van der Waals surface area contributed by atoms with Crippen molar-refractivity contribution in [3.05, 3.63) is 78.0 Å². The second-order valence-corrected chi connectivity index (χ2v) is 8.94. The van der Waals surface area contributed by atoms with Crippen molar-refractivity contribution in [3.8, 4) is 11.4 Å². The van der Waals surface area contributed by atoms with Crippen LogP contribution < -0.4 is 4.90 Å². The molecule has 1 aliphatic heterocycles. The Morgan fingerprint density at radius 1 is 1.00 bits per heavy atom. The van der Waals surface area contributed by atoms with Crippen molar-refractivity contribution in [2.24, 2.45) is 0 Å². The zero-order valence-electron chi connectivity index (χ0n) is 19.6. The molecule has 0 spiro atoms. The molecular formula is C26H24F4N6. The molecule has 0 atom stereocenters. The molecule has 0 unspecified atom stereocenters. The summed E-state index contributed by atoms with van der Waals surface area (Å²) in [5.74, 6) is -0.113. The van der Waals surface area contributed by atoms with Crippen LogP contribution in [-0.2, 0) is 12.7 Å². The quantitative estimate of drug-likeness (QED) is 0.348. The van der Waals surface area contributed by atoms with E-state index in [0.29, 0.717) is 30.5 Å². The third-order valence-corrected chi connectivity index (χ3v) is 6.66. The number of nitrogens with zero attached hydrogens (tertiary/aromatic N) is 6. The number of hydrogen-bond acceptors (Lipinski definition) is 6. The van der Waals surface area contributed by atoms with Gasteiger partial charge < -0.3 is 4.90 Å². The highest BCUT2D eigenvalue weighted by molar-refractivity contribution is 5.99. The summed E-state index contributed by atoms with van der Waals surface area (Å²) in [5.41, 5.74) is 0.464. The Balaban J connectivity index is 1.32. The van der Waals surface area contributed by atoms with Gasteiger partial charge in [-0.15, -0.1) is 10.2 Å². The SMILES string of the molecule is CN(Cc1ccc(F)cc1C(F)(F)F)C1CCN(c2nnc(-c3cnccn3)c3ccccc23)CC1. The second-order valence-electron chi connectivity index (χ2n) is 8.94. The summed E-state index contributed by atoms with van der Waals surface area (Å²) >= 11 is 0.